The second-order valence-electron chi connectivity index (χ2n) is 5.29. The quantitative estimate of drug-likeness (QED) is 0.477. The lowest BCUT2D eigenvalue weighted by Gasteiger charge is -2.14. The van der Waals surface area contributed by atoms with Gasteiger partial charge in [0.1, 0.15) is 0 Å². The standard InChI is InChI=1S/C16H17ClN4O2S/c1-20(2)12-5-3-11(4-6-12)10-18-16(24)19-15-9-13(21(22)23)7-8-14(15)17/h3-9H,10H2,1-2H3,(H2,18,19,24). The van der Waals surface area contributed by atoms with Crippen LogP contribution in [0.25, 0.3) is 0 Å². The van der Waals surface area contributed by atoms with Crippen molar-refractivity contribution >= 4 is 46.0 Å². The van der Waals surface area contributed by atoms with Crippen LogP contribution in [0.4, 0.5) is 17.1 Å². The van der Waals surface area contributed by atoms with E-state index in [4.69, 9.17) is 23.8 Å². The van der Waals surface area contributed by atoms with Crippen LogP contribution >= 0.6 is 23.8 Å². The number of hydrogen-bond acceptors (Lipinski definition) is 4. The second-order valence-corrected chi connectivity index (χ2v) is 6.11. The Morgan fingerprint density at radius 1 is 1.25 bits per heavy atom. The van der Waals surface area contributed by atoms with E-state index in [2.05, 4.69) is 10.6 Å². The molecule has 0 atom stereocenters. The van der Waals surface area contributed by atoms with E-state index in [-0.39, 0.29) is 5.69 Å². The number of halogens is 1. The molecular formula is C16H17ClN4O2S. The van der Waals surface area contributed by atoms with Crippen molar-refractivity contribution in [2.75, 3.05) is 24.3 Å². The maximum atomic E-state index is 10.8. The Hall–Kier alpha value is -2.38. The second kappa shape index (κ2) is 7.94. The van der Waals surface area contributed by atoms with Crippen molar-refractivity contribution in [1.82, 2.24) is 5.32 Å². The lowest BCUT2D eigenvalue weighted by atomic mass is 10.2. The van der Waals surface area contributed by atoms with Gasteiger partial charge < -0.3 is 15.5 Å². The molecule has 0 saturated heterocycles. The smallest absolute Gasteiger partial charge is 0.271 e. The van der Waals surface area contributed by atoms with Gasteiger partial charge in [-0.05, 0) is 36.0 Å². The molecule has 2 rings (SSSR count). The minimum Gasteiger partial charge on any atom is -0.378 e. The van der Waals surface area contributed by atoms with Crippen LogP contribution in [-0.4, -0.2) is 24.1 Å². The number of nitro groups is 1. The molecule has 0 aliphatic carbocycles. The van der Waals surface area contributed by atoms with Crippen molar-refractivity contribution in [1.29, 1.82) is 0 Å². The highest BCUT2D eigenvalue weighted by atomic mass is 35.5. The molecule has 0 aliphatic rings. The molecule has 0 saturated carbocycles. The van der Waals surface area contributed by atoms with Crippen LogP contribution in [0.15, 0.2) is 42.5 Å². The van der Waals surface area contributed by atoms with Crippen molar-refractivity contribution in [3.05, 3.63) is 63.2 Å². The molecule has 6 nitrogen and oxygen atoms in total. The van der Waals surface area contributed by atoms with Gasteiger partial charge in [0, 0.05) is 38.5 Å². The van der Waals surface area contributed by atoms with Crippen LogP contribution in [0.2, 0.25) is 5.02 Å². The Morgan fingerprint density at radius 2 is 1.92 bits per heavy atom. The molecule has 0 fully saturated rings. The summed E-state index contributed by atoms with van der Waals surface area (Å²) in [6.45, 7) is 0.534. The molecule has 8 heteroatoms. The molecule has 0 amide bonds. The highest BCUT2D eigenvalue weighted by molar-refractivity contribution is 7.80. The van der Waals surface area contributed by atoms with Crippen molar-refractivity contribution < 1.29 is 4.92 Å². The lowest BCUT2D eigenvalue weighted by molar-refractivity contribution is -0.384. The third-order valence-corrected chi connectivity index (χ3v) is 3.89. The van der Waals surface area contributed by atoms with Gasteiger partial charge in [-0.2, -0.15) is 0 Å². The van der Waals surface area contributed by atoms with Gasteiger partial charge in [-0.15, -0.1) is 0 Å². The molecule has 2 aromatic carbocycles. The van der Waals surface area contributed by atoms with Gasteiger partial charge in [0.15, 0.2) is 5.11 Å². The van der Waals surface area contributed by atoms with Crippen molar-refractivity contribution in [3.8, 4) is 0 Å². The van der Waals surface area contributed by atoms with Crippen LogP contribution in [0.3, 0.4) is 0 Å². The molecule has 24 heavy (non-hydrogen) atoms. The van der Waals surface area contributed by atoms with E-state index in [0.717, 1.165) is 11.3 Å². The summed E-state index contributed by atoms with van der Waals surface area (Å²) < 4.78 is 0. The first-order valence-corrected chi connectivity index (χ1v) is 7.90. The van der Waals surface area contributed by atoms with E-state index < -0.39 is 4.92 Å². The van der Waals surface area contributed by atoms with Gasteiger partial charge in [0.25, 0.3) is 5.69 Å². The van der Waals surface area contributed by atoms with Crippen LogP contribution in [0.5, 0.6) is 0 Å². The molecule has 0 radical (unpaired) electrons. The number of thiocarbonyl (C=S) groups is 1. The Kier molecular flexibility index (Phi) is 5.94. The summed E-state index contributed by atoms with van der Waals surface area (Å²) in [5.74, 6) is 0. The number of anilines is 2. The van der Waals surface area contributed by atoms with Gasteiger partial charge in [0.2, 0.25) is 0 Å². The van der Waals surface area contributed by atoms with Crippen molar-refractivity contribution in [2.45, 2.75) is 6.54 Å². The molecule has 2 aromatic rings. The molecule has 2 N–H and O–H groups in total. The number of benzene rings is 2. The molecular weight excluding hydrogens is 348 g/mol. The summed E-state index contributed by atoms with van der Waals surface area (Å²) in [4.78, 5) is 12.4. The highest BCUT2D eigenvalue weighted by Gasteiger charge is 2.10. The van der Waals surface area contributed by atoms with E-state index in [0.29, 0.717) is 22.4 Å². The maximum Gasteiger partial charge on any atom is 0.271 e. The van der Waals surface area contributed by atoms with E-state index in [1.54, 1.807) is 0 Å². The van der Waals surface area contributed by atoms with Crippen LogP contribution in [0.1, 0.15) is 5.56 Å². The number of hydrogen-bond donors (Lipinski definition) is 2. The van der Waals surface area contributed by atoms with E-state index in [1.165, 1.54) is 18.2 Å². The highest BCUT2D eigenvalue weighted by Crippen LogP contribution is 2.26. The number of nitro benzene ring substituents is 1. The fourth-order valence-corrected chi connectivity index (χ4v) is 2.33. The molecule has 0 bridgehead atoms. The summed E-state index contributed by atoms with van der Waals surface area (Å²) in [5.41, 5.74) is 2.52. The Morgan fingerprint density at radius 3 is 2.50 bits per heavy atom. The monoisotopic (exact) mass is 364 g/mol. The fourth-order valence-electron chi connectivity index (χ4n) is 1.98. The first kappa shape index (κ1) is 18.0. The maximum absolute atomic E-state index is 10.8. The normalized spacial score (nSPS) is 10.1. The van der Waals surface area contributed by atoms with Gasteiger partial charge in [0.05, 0.1) is 15.6 Å². The van der Waals surface area contributed by atoms with Crippen LogP contribution in [-0.2, 0) is 6.54 Å². The van der Waals surface area contributed by atoms with E-state index in [1.807, 2.05) is 43.3 Å². The van der Waals surface area contributed by atoms with E-state index >= 15 is 0 Å². The average molecular weight is 365 g/mol. The Labute approximate surface area is 150 Å². The Balaban J connectivity index is 1.96. The molecule has 0 unspecified atom stereocenters. The number of nitrogens with zero attached hydrogens (tertiary/aromatic N) is 2. The summed E-state index contributed by atoms with van der Waals surface area (Å²) in [6.07, 6.45) is 0. The summed E-state index contributed by atoms with van der Waals surface area (Å²) in [6, 6.07) is 12.2. The number of nitrogens with one attached hydrogen (secondary N) is 2. The van der Waals surface area contributed by atoms with Crippen LogP contribution < -0.4 is 15.5 Å². The minimum atomic E-state index is -0.482. The zero-order valence-electron chi connectivity index (χ0n) is 13.2. The first-order chi connectivity index (χ1) is 11.4. The topological polar surface area (TPSA) is 70.4 Å². The van der Waals surface area contributed by atoms with Gasteiger partial charge >= 0.3 is 0 Å². The minimum absolute atomic E-state index is 0.0519. The summed E-state index contributed by atoms with van der Waals surface area (Å²) in [5, 5.41) is 17.5. The lowest BCUT2D eigenvalue weighted by Crippen LogP contribution is -2.28. The largest absolute Gasteiger partial charge is 0.378 e. The number of non-ortho nitro benzene ring substituents is 1. The predicted octanol–water partition coefficient (Wildman–Crippen LogP) is 3.80. The predicted molar refractivity (Wildman–Crippen MR) is 102 cm³/mol. The van der Waals surface area contributed by atoms with Crippen molar-refractivity contribution in [3.63, 3.8) is 0 Å². The fraction of sp³-hybridized carbons (Fsp3) is 0.188. The Bertz CT molecular complexity index is 750. The van der Waals surface area contributed by atoms with Gasteiger partial charge in [-0.1, -0.05) is 23.7 Å². The third-order valence-electron chi connectivity index (χ3n) is 3.31. The summed E-state index contributed by atoms with van der Waals surface area (Å²) >= 11 is 11.2. The number of rotatable bonds is 5. The summed E-state index contributed by atoms with van der Waals surface area (Å²) in [7, 11) is 3.96. The van der Waals surface area contributed by atoms with Gasteiger partial charge in [-0.25, -0.2) is 0 Å². The molecule has 0 aliphatic heterocycles. The molecule has 0 aromatic heterocycles. The molecule has 0 spiro atoms. The van der Waals surface area contributed by atoms with Crippen LogP contribution in [0, 0.1) is 10.1 Å². The van der Waals surface area contributed by atoms with Gasteiger partial charge in [-0.3, -0.25) is 10.1 Å². The zero-order chi connectivity index (χ0) is 17.7. The molecule has 126 valence electrons. The first-order valence-electron chi connectivity index (χ1n) is 7.12. The SMILES string of the molecule is CN(C)c1ccc(CNC(=S)Nc2cc([N+](=O)[O-])ccc2Cl)cc1. The molecule has 0 heterocycles. The van der Waals surface area contributed by atoms with E-state index in [9.17, 15) is 10.1 Å². The third kappa shape index (κ3) is 4.81. The van der Waals surface area contributed by atoms with Crippen molar-refractivity contribution in [2.24, 2.45) is 0 Å². The zero-order valence-corrected chi connectivity index (χ0v) is 14.8. The average Bonchev–Trinajstić information content (AvgIpc) is 2.55.